The molecule has 3 nitrogen and oxygen atoms in total. The Morgan fingerprint density at radius 2 is 1.33 bits per heavy atom. The number of alkyl halides is 9. The van der Waals surface area contributed by atoms with Gasteiger partial charge in [-0.25, -0.2) is 4.39 Å². The molecule has 2 N–H and O–H groups in total. The first-order chi connectivity index (χ1) is 13.5. The molecule has 0 heterocycles. The van der Waals surface area contributed by atoms with Gasteiger partial charge in [-0.1, -0.05) is 0 Å². The predicted octanol–water partition coefficient (Wildman–Crippen LogP) is 5.64. The highest BCUT2D eigenvalue weighted by atomic mass is 19.4. The van der Waals surface area contributed by atoms with Gasteiger partial charge in [-0.05, 0) is 42.5 Å². The molecule has 0 radical (unpaired) electrons. The minimum atomic E-state index is -7.02. The third-order valence-electron chi connectivity index (χ3n) is 3.81. The second-order valence-electron chi connectivity index (χ2n) is 5.86. The summed E-state index contributed by atoms with van der Waals surface area (Å²) in [5, 5.41) is 0. The molecule has 164 valence electrons. The van der Waals surface area contributed by atoms with Crippen molar-refractivity contribution in [2.45, 2.75) is 23.9 Å². The van der Waals surface area contributed by atoms with E-state index in [4.69, 9.17) is 10.5 Å². The summed E-state index contributed by atoms with van der Waals surface area (Å²) in [7, 11) is 0. The lowest BCUT2D eigenvalue weighted by atomic mass is 9.97. The fourth-order valence-corrected chi connectivity index (χ4v) is 2.15. The van der Waals surface area contributed by atoms with Crippen molar-refractivity contribution in [2.24, 2.45) is 5.73 Å². The fourth-order valence-electron chi connectivity index (χ4n) is 2.15. The maximum Gasteiger partial charge on any atom is 0.460 e. The van der Waals surface area contributed by atoms with E-state index in [0.717, 1.165) is 12.1 Å². The van der Waals surface area contributed by atoms with Crippen molar-refractivity contribution in [3.05, 3.63) is 59.4 Å². The van der Waals surface area contributed by atoms with Crippen LogP contribution in [0, 0.1) is 5.82 Å². The molecule has 2 aromatic rings. The van der Waals surface area contributed by atoms with Crippen LogP contribution in [0.3, 0.4) is 0 Å². The van der Waals surface area contributed by atoms with Crippen molar-refractivity contribution in [1.29, 1.82) is 0 Å². The number of hydrogen-bond donors (Lipinski definition) is 1. The zero-order valence-electron chi connectivity index (χ0n) is 14.2. The van der Waals surface area contributed by atoms with E-state index >= 15 is 0 Å². The highest BCUT2D eigenvalue weighted by molar-refractivity contribution is 5.92. The number of rotatable bonds is 6. The van der Waals surface area contributed by atoms with Gasteiger partial charge in [0.1, 0.15) is 5.75 Å². The average molecular weight is 449 g/mol. The number of ether oxygens (including phenoxy) is 1. The second kappa shape index (κ2) is 7.36. The van der Waals surface area contributed by atoms with E-state index in [1.165, 1.54) is 0 Å². The predicted molar refractivity (Wildman–Crippen MR) is 81.3 cm³/mol. The van der Waals surface area contributed by atoms with Gasteiger partial charge in [0.05, 0.1) is 0 Å². The van der Waals surface area contributed by atoms with Crippen LogP contribution in [-0.4, -0.2) is 23.9 Å². The minimum Gasteiger partial charge on any atom is -0.454 e. The fraction of sp³-hybridized carbons (Fsp3) is 0.235. The molecule has 0 saturated heterocycles. The van der Waals surface area contributed by atoms with Gasteiger partial charge >= 0.3 is 23.9 Å². The number of carbonyl (C=O) groups excluding carboxylic acids is 1. The van der Waals surface area contributed by atoms with Gasteiger partial charge < -0.3 is 10.5 Å². The number of carbonyl (C=O) groups is 1. The number of primary amides is 1. The van der Waals surface area contributed by atoms with Crippen LogP contribution in [0.5, 0.6) is 11.5 Å². The molecule has 0 aliphatic rings. The lowest BCUT2D eigenvalue weighted by molar-refractivity contribution is -0.399. The molecule has 30 heavy (non-hydrogen) atoms. The topological polar surface area (TPSA) is 52.3 Å². The number of halogens is 10. The van der Waals surface area contributed by atoms with Gasteiger partial charge in [0.25, 0.3) is 0 Å². The van der Waals surface area contributed by atoms with Gasteiger partial charge in [-0.3, -0.25) is 4.79 Å². The lowest BCUT2D eigenvalue weighted by Crippen LogP contribution is -2.59. The lowest BCUT2D eigenvalue weighted by Gasteiger charge is -2.33. The van der Waals surface area contributed by atoms with E-state index in [-0.39, 0.29) is 17.7 Å². The Balaban J connectivity index is 2.31. The van der Waals surface area contributed by atoms with Crippen LogP contribution < -0.4 is 10.5 Å². The quantitative estimate of drug-likeness (QED) is 0.581. The van der Waals surface area contributed by atoms with Crippen molar-refractivity contribution >= 4 is 5.91 Å². The summed E-state index contributed by atoms with van der Waals surface area (Å²) >= 11 is 0. The van der Waals surface area contributed by atoms with E-state index in [1.54, 1.807) is 0 Å². The molecular formula is C17H9F10NO2. The Morgan fingerprint density at radius 1 is 0.800 bits per heavy atom. The number of nitrogens with two attached hydrogens (primary N) is 1. The van der Waals surface area contributed by atoms with Crippen molar-refractivity contribution in [3.63, 3.8) is 0 Å². The third-order valence-corrected chi connectivity index (χ3v) is 3.81. The highest BCUT2D eigenvalue weighted by Gasteiger charge is 2.82. The van der Waals surface area contributed by atoms with E-state index < -0.39 is 52.7 Å². The van der Waals surface area contributed by atoms with Crippen LogP contribution in [-0.2, 0) is 5.92 Å². The van der Waals surface area contributed by atoms with Crippen molar-refractivity contribution in [1.82, 2.24) is 0 Å². The van der Waals surface area contributed by atoms with Gasteiger partial charge in [0.15, 0.2) is 11.6 Å². The summed E-state index contributed by atoms with van der Waals surface area (Å²) in [6.07, 6.45) is -6.93. The van der Waals surface area contributed by atoms with E-state index in [1.807, 2.05) is 0 Å². The monoisotopic (exact) mass is 449 g/mol. The molecule has 1 amide bonds. The van der Waals surface area contributed by atoms with Crippen LogP contribution in [0.4, 0.5) is 43.9 Å². The van der Waals surface area contributed by atoms with E-state index in [0.29, 0.717) is 18.2 Å². The van der Waals surface area contributed by atoms with Crippen LogP contribution in [0.1, 0.15) is 15.9 Å². The molecule has 0 spiro atoms. The first kappa shape index (κ1) is 23.3. The zero-order valence-corrected chi connectivity index (χ0v) is 14.2. The maximum atomic E-state index is 13.8. The highest BCUT2D eigenvalue weighted by Crippen LogP contribution is 2.56. The molecule has 2 rings (SSSR count). The van der Waals surface area contributed by atoms with E-state index in [2.05, 4.69) is 0 Å². The normalized spacial score (nSPS) is 13.3. The Morgan fingerprint density at radius 3 is 1.77 bits per heavy atom. The maximum absolute atomic E-state index is 13.8. The molecule has 0 aliphatic heterocycles. The first-order valence-corrected chi connectivity index (χ1v) is 7.60. The Hall–Kier alpha value is -2.99. The van der Waals surface area contributed by atoms with Crippen LogP contribution >= 0.6 is 0 Å². The zero-order chi connectivity index (χ0) is 23.1. The standard InChI is InChI=1S/C17H9F10NO2/c18-11-7-8(13(28)29)1-6-12(11)30-10-4-2-9(3-5-10)14(19,20)15(21,22)16(23,24)17(25,26)27/h1-7H,(H2,28,29). The summed E-state index contributed by atoms with van der Waals surface area (Å²) < 4.78 is 136. The Bertz CT molecular complexity index is 939. The molecule has 0 unspecified atom stereocenters. The van der Waals surface area contributed by atoms with Crippen molar-refractivity contribution < 1.29 is 53.4 Å². The van der Waals surface area contributed by atoms with Gasteiger partial charge in [-0.15, -0.1) is 0 Å². The molecule has 2 aromatic carbocycles. The Kier molecular flexibility index (Phi) is 5.72. The summed E-state index contributed by atoms with van der Waals surface area (Å²) in [6.45, 7) is 0. The Labute approximate surface area is 161 Å². The molecule has 0 bridgehead atoms. The molecule has 0 saturated carbocycles. The van der Waals surface area contributed by atoms with Crippen LogP contribution in [0.15, 0.2) is 42.5 Å². The van der Waals surface area contributed by atoms with Crippen molar-refractivity contribution in [2.75, 3.05) is 0 Å². The first-order valence-electron chi connectivity index (χ1n) is 7.60. The molecule has 0 aliphatic carbocycles. The summed E-state index contributed by atoms with van der Waals surface area (Å²) in [6, 6.07) is 3.93. The second-order valence-corrected chi connectivity index (χ2v) is 5.86. The number of benzene rings is 2. The van der Waals surface area contributed by atoms with Gasteiger partial charge in [0, 0.05) is 11.1 Å². The third kappa shape index (κ3) is 3.87. The van der Waals surface area contributed by atoms with Gasteiger partial charge in [-0.2, -0.15) is 39.5 Å². The van der Waals surface area contributed by atoms with Crippen LogP contribution in [0.2, 0.25) is 0 Å². The molecule has 13 heteroatoms. The molecule has 0 fully saturated rings. The molecule has 0 aromatic heterocycles. The minimum absolute atomic E-state index is 0.116. The average Bonchev–Trinajstić information content (AvgIpc) is 2.62. The number of amides is 1. The van der Waals surface area contributed by atoms with Gasteiger partial charge in [0.2, 0.25) is 5.91 Å². The summed E-state index contributed by atoms with van der Waals surface area (Å²) in [5.41, 5.74) is 2.83. The van der Waals surface area contributed by atoms with Crippen LogP contribution in [0.25, 0.3) is 0 Å². The van der Waals surface area contributed by atoms with E-state index in [9.17, 15) is 48.7 Å². The smallest absolute Gasteiger partial charge is 0.454 e. The largest absolute Gasteiger partial charge is 0.460 e. The summed E-state index contributed by atoms with van der Waals surface area (Å²) in [5.74, 6) is -22.8. The molecular weight excluding hydrogens is 440 g/mol. The molecule has 0 atom stereocenters. The summed E-state index contributed by atoms with van der Waals surface area (Å²) in [4.78, 5) is 10.9. The SMILES string of the molecule is NC(=O)c1ccc(Oc2ccc(C(F)(F)C(F)(F)C(F)(F)C(F)(F)F)cc2)c(F)c1. The number of hydrogen-bond acceptors (Lipinski definition) is 2. The van der Waals surface area contributed by atoms with Crippen molar-refractivity contribution in [3.8, 4) is 11.5 Å².